The number of aryl methyl sites for hydroxylation is 1. The van der Waals surface area contributed by atoms with Gasteiger partial charge in [-0.1, -0.05) is 43.7 Å². The first-order valence-electron chi connectivity index (χ1n) is 14.7. The van der Waals surface area contributed by atoms with E-state index in [2.05, 4.69) is 5.32 Å². The zero-order chi connectivity index (χ0) is 30.9. The van der Waals surface area contributed by atoms with E-state index in [0.717, 1.165) is 16.5 Å². The van der Waals surface area contributed by atoms with Gasteiger partial charge in [-0.2, -0.15) is 0 Å². The van der Waals surface area contributed by atoms with Crippen LogP contribution < -0.4 is 10.1 Å². The lowest BCUT2D eigenvalue weighted by Crippen LogP contribution is -2.53. The molecular formula is C33H38FN3O6. The maximum atomic E-state index is 14.3. The van der Waals surface area contributed by atoms with E-state index < -0.39 is 47.1 Å². The molecule has 0 bridgehead atoms. The number of methoxy groups -OCH3 is 1. The molecule has 3 heterocycles. The summed E-state index contributed by atoms with van der Waals surface area (Å²) in [5, 5.41) is 3.64. The van der Waals surface area contributed by atoms with Crippen LogP contribution in [-0.4, -0.2) is 64.8 Å². The Morgan fingerprint density at radius 3 is 2.65 bits per heavy atom. The molecule has 1 N–H and O–H groups in total. The standard InChI is InChI=1S/C33H38FN3O6/c1-6-10-25(36-31(40)43-32(2,3)4)29(38)37-19-33(18-26(37)30(39)41-5)16-15-23-22-13-7-8-14-24(22)35-27(28(23)42-33)20-11-9-12-21(34)17-20/h7-9,11-14,17,25-26H,6,10,15-16,18-19H2,1-5H3,(H,36,40)/t25-,26-,33+/m0/s1. The van der Waals surface area contributed by atoms with Crippen molar-refractivity contribution >= 4 is 28.9 Å². The summed E-state index contributed by atoms with van der Waals surface area (Å²) in [6.45, 7) is 7.25. The highest BCUT2D eigenvalue weighted by molar-refractivity contribution is 5.91. The van der Waals surface area contributed by atoms with Gasteiger partial charge in [-0.25, -0.2) is 19.0 Å². The number of aromatic nitrogens is 1. The molecule has 9 nitrogen and oxygen atoms in total. The van der Waals surface area contributed by atoms with Crippen LogP contribution in [0.3, 0.4) is 0 Å². The lowest BCUT2D eigenvalue weighted by molar-refractivity contribution is -0.151. The molecular weight excluding hydrogens is 553 g/mol. The fourth-order valence-corrected chi connectivity index (χ4v) is 6.05. The molecule has 2 aliphatic heterocycles. The third kappa shape index (κ3) is 6.28. The Morgan fingerprint density at radius 1 is 1.19 bits per heavy atom. The van der Waals surface area contributed by atoms with Crippen LogP contribution in [0.15, 0.2) is 48.5 Å². The van der Waals surface area contributed by atoms with Crippen molar-refractivity contribution in [2.45, 2.75) is 83.1 Å². The molecule has 5 rings (SSSR count). The van der Waals surface area contributed by atoms with Crippen molar-refractivity contribution in [2.75, 3.05) is 13.7 Å². The summed E-state index contributed by atoms with van der Waals surface area (Å²) in [5.74, 6) is -0.842. The van der Waals surface area contributed by atoms with Crippen LogP contribution in [0.1, 0.15) is 58.9 Å². The number of nitrogens with zero attached hydrogens (tertiary/aromatic N) is 2. The minimum Gasteiger partial charge on any atom is -0.483 e. The Labute approximate surface area is 250 Å². The number of esters is 1. The van der Waals surface area contributed by atoms with Crippen molar-refractivity contribution in [1.29, 1.82) is 0 Å². The lowest BCUT2D eigenvalue weighted by Gasteiger charge is -2.37. The highest BCUT2D eigenvalue weighted by Gasteiger charge is 2.53. The molecule has 1 fully saturated rings. The van der Waals surface area contributed by atoms with Gasteiger partial charge in [-0.15, -0.1) is 0 Å². The predicted octanol–water partition coefficient (Wildman–Crippen LogP) is 5.57. The molecule has 228 valence electrons. The first-order chi connectivity index (χ1) is 20.4. The summed E-state index contributed by atoms with van der Waals surface area (Å²) in [7, 11) is 1.29. The summed E-state index contributed by atoms with van der Waals surface area (Å²) in [5.41, 5.74) is 1.13. The summed E-state index contributed by atoms with van der Waals surface area (Å²) in [6.07, 6.45) is 1.61. The molecule has 0 aliphatic carbocycles. The Morgan fingerprint density at radius 2 is 1.95 bits per heavy atom. The minimum absolute atomic E-state index is 0.108. The van der Waals surface area contributed by atoms with Gasteiger partial charge in [0.1, 0.15) is 40.5 Å². The van der Waals surface area contributed by atoms with Gasteiger partial charge in [0, 0.05) is 22.9 Å². The number of nitrogens with one attached hydrogen (secondary N) is 1. The molecule has 2 amide bonds. The predicted molar refractivity (Wildman–Crippen MR) is 159 cm³/mol. The minimum atomic E-state index is -0.920. The van der Waals surface area contributed by atoms with Gasteiger partial charge in [0.05, 0.1) is 19.2 Å². The van der Waals surface area contributed by atoms with Crippen molar-refractivity contribution in [3.63, 3.8) is 0 Å². The molecule has 3 aromatic rings. The topological polar surface area (TPSA) is 107 Å². The number of carbonyl (C=O) groups is 3. The Hall–Kier alpha value is -4.21. The molecule has 1 saturated heterocycles. The second kappa shape index (κ2) is 11.8. The van der Waals surface area contributed by atoms with E-state index in [1.54, 1.807) is 32.9 Å². The number of hydrogen-bond donors (Lipinski definition) is 1. The van der Waals surface area contributed by atoms with Crippen molar-refractivity contribution in [1.82, 2.24) is 15.2 Å². The van der Waals surface area contributed by atoms with Gasteiger partial charge in [0.25, 0.3) is 0 Å². The largest absolute Gasteiger partial charge is 0.483 e. The number of amides is 2. The SMILES string of the molecule is CCC[C@H](NC(=O)OC(C)(C)C)C(=O)N1C[C@@]2(CCc3c(c(-c4cccc(F)c4)nc4ccccc34)O2)C[C@H]1C(=O)OC. The highest BCUT2D eigenvalue weighted by Crippen LogP contribution is 2.47. The van der Waals surface area contributed by atoms with Gasteiger partial charge < -0.3 is 24.4 Å². The van der Waals surface area contributed by atoms with E-state index in [9.17, 15) is 18.8 Å². The molecule has 43 heavy (non-hydrogen) atoms. The van der Waals surface area contributed by atoms with Crippen LogP contribution in [0.4, 0.5) is 9.18 Å². The number of pyridine rings is 1. The van der Waals surface area contributed by atoms with E-state index in [0.29, 0.717) is 42.7 Å². The number of alkyl carbamates (subject to hydrolysis) is 1. The molecule has 0 unspecified atom stereocenters. The Bertz CT molecular complexity index is 1550. The van der Waals surface area contributed by atoms with E-state index in [1.165, 1.54) is 24.1 Å². The van der Waals surface area contributed by atoms with Gasteiger partial charge in [-0.05, 0) is 58.2 Å². The number of fused-ring (bicyclic) bond motifs is 3. The molecule has 1 spiro atoms. The van der Waals surface area contributed by atoms with E-state index >= 15 is 0 Å². The highest BCUT2D eigenvalue weighted by atomic mass is 19.1. The Balaban J connectivity index is 1.51. The molecule has 10 heteroatoms. The molecule has 0 saturated carbocycles. The number of para-hydroxylation sites is 1. The normalized spacial score (nSPS) is 20.3. The second-order valence-electron chi connectivity index (χ2n) is 12.3. The summed E-state index contributed by atoms with van der Waals surface area (Å²) in [6, 6.07) is 12.1. The van der Waals surface area contributed by atoms with Crippen molar-refractivity contribution in [3.05, 3.63) is 59.9 Å². The average Bonchev–Trinajstić information content (AvgIpc) is 3.33. The zero-order valence-corrected chi connectivity index (χ0v) is 25.2. The van der Waals surface area contributed by atoms with Crippen LogP contribution in [0.5, 0.6) is 5.75 Å². The number of rotatable bonds is 6. The van der Waals surface area contributed by atoms with Crippen LogP contribution in [0.25, 0.3) is 22.2 Å². The fraction of sp³-hybridized carbons (Fsp3) is 0.455. The van der Waals surface area contributed by atoms with Gasteiger partial charge in [-0.3, -0.25) is 4.79 Å². The zero-order valence-electron chi connectivity index (χ0n) is 25.2. The van der Waals surface area contributed by atoms with Crippen molar-refractivity contribution in [2.24, 2.45) is 0 Å². The summed E-state index contributed by atoms with van der Waals surface area (Å²) < 4.78 is 31.7. The van der Waals surface area contributed by atoms with E-state index in [-0.39, 0.29) is 13.0 Å². The van der Waals surface area contributed by atoms with Crippen LogP contribution >= 0.6 is 0 Å². The van der Waals surface area contributed by atoms with Crippen molar-refractivity contribution in [3.8, 4) is 17.0 Å². The summed E-state index contributed by atoms with van der Waals surface area (Å²) >= 11 is 0. The number of benzene rings is 2. The van der Waals surface area contributed by atoms with Crippen LogP contribution in [-0.2, 0) is 25.5 Å². The maximum Gasteiger partial charge on any atom is 0.408 e. The average molecular weight is 592 g/mol. The number of ether oxygens (including phenoxy) is 3. The lowest BCUT2D eigenvalue weighted by atomic mass is 9.86. The van der Waals surface area contributed by atoms with Gasteiger partial charge in [0.15, 0.2) is 0 Å². The van der Waals surface area contributed by atoms with Crippen molar-refractivity contribution < 1.29 is 33.0 Å². The van der Waals surface area contributed by atoms with Gasteiger partial charge >= 0.3 is 12.1 Å². The number of halogens is 1. The number of carbonyl (C=O) groups excluding carboxylic acids is 3. The smallest absolute Gasteiger partial charge is 0.408 e. The first-order valence-corrected chi connectivity index (χ1v) is 14.7. The number of likely N-dealkylation sites (tertiary alicyclic amines) is 1. The quantitative estimate of drug-likeness (QED) is 0.374. The monoisotopic (exact) mass is 591 g/mol. The second-order valence-corrected chi connectivity index (χ2v) is 12.3. The maximum absolute atomic E-state index is 14.3. The molecule has 2 aliphatic rings. The first kappa shape index (κ1) is 30.3. The third-order valence-electron chi connectivity index (χ3n) is 7.92. The number of hydrogen-bond acceptors (Lipinski definition) is 7. The summed E-state index contributed by atoms with van der Waals surface area (Å²) in [4.78, 5) is 46.0. The Kier molecular flexibility index (Phi) is 8.31. The van der Waals surface area contributed by atoms with Crippen LogP contribution in [0, 0.1) is 5.82 Å². The molecule has 3 atom stereocenters. The molecule has 0 radical (unpaired) electrons. The molecule has 1 aromatic heterocycles. The molecule has 2 aromatic carbocycles. The van der Waals surface area contributed by atoms with E-state index in [4.69, 9.17) is 19.2 Å². The fourth-order valence-electron chi connectivity index (χ4n) is 6.05. The third-order valence-corrected chi connectivity index (χ3v) is 7.92. The van der Waals surface area contributed by atoms with Gasteiger partial charge in [0.2, 0.25) is 5.91 Å². The van der Waals surface area contributed by atoms with Crippen LogP contribution in [0.2, 0.25) is 0 Å². The van der Waals surface area contributed by atoms with E-state index in [1.807, 2.05) is 31.2 Å².